The molecule has 0 aliphatic heterocycles. The third-order valence-corrected chi connectivity index (χ3v) is 4.77. The molecule has 0 aromatic rings. The van der Waals surface area contributed by atoms with E-state index < -0.39 is 0 Å². The fourth-order valence-electron chi connectivity index (χ4n) is 2.58. The van der Waals surface area contributed by atoms with Crippen molar-refractivity contribution in [3.63, 3.8) is 0 Å². The Morgan fingerprint density at radius 1 is 0.722 bits per heavy atom. The van der Waals surface area contributed by atoms with Crippen LogP contribution in [0.3, 0.4) is 0 Å². The summed E-state index contributed by atoms with van der Waals surface area (Å²) in [6, 6.07) is 0. The normalized spacial score (nSPS) is 11.7. The minimum absolute atomic E-state index is 0.884. The minimum atomic E-state index is 0.884. The van der Waals surface area contributed by atoms with Crippen molar-refractivity contribution in [3.8, 4) is 0 Å². The van der Waals surface area contributed by atoms with Crippen LogP contribution in [0.2, 0.25) is 0 Å². The average Bonchev–Trinajstić information content (AvgIpc) is 2.32. The summed E-state index contributed by atoms with van der Waals surface area (Å²) in [7, 11) is 0. The van der Waals surface area contributed by atoms with E-state index in [-0.39, 0.29) is 0 Å². The molecule has 0 aliphatic carbocycles. The Bertz CT molecular complexity index is 148. The van der Waals surface area contributed by atoms with E-state index in [9.17, 15) is 0 Å². The standard InChI is InChI=1S/C17H36S/c1-5-10-17(11-6-2)13-7-8-14-18-15-9-12-16(3)4/h16-17H,5-15H2,1-4H3. The van der Waals surface area contributed by atoms with Crippen molar-refractivity contribution in [1.29, 1.82) is 0 Å². The zero-order chi connectivity index (χ0) is 13.6. The Balaban J connectivity index is 3.26. The van der Waals surface area contributed by atoms with E-state index in [1.54, 1.807) is 0 Å². The van der Waals surface area contributed by atoms with Crippen LogP contribution in [-0.2, 0) is 0 Å². The lowest BCUT2D eigenvalue weighted by Gasteiger charge is -2.14. The summed E-state index contributed by atoms with van der Waals surface area (Å²) in [6.45, 7) is 9.30. The zero-order valence-corrected chi connectivity index (χ0v) is 14.2. The zero-order valence-electron chi connectivity index (χ0n) is 13.3. The molecule has 110 valence electrons. The molecule has 0 amide bonds. The molecule has 0 unspecified atom stereocenters. The van der Waals surface area contributed by atoms with Crippen molar-refractivity contribution < 1.29 is 0 Å². The number of hydrogen-bond donors (Lipinski definition) is 0. The monoisotopic (exact) mass is 272 g/mol. The molecule has 0 radical (unpaired) electrons. The van der Waals surface area contributed by atoms with E-state index in [0.29, 0.717) is 0 Å². The van der Waals surface area contributed by atoms with Gasteiger partial charge in [0.25, 0.3) is 0 Å². The molecule has 0 nitrogen and oxygen atoms in total. The molecular weight excluding hydrogens is 236 g/mol. The van der Waals surface area contributed by atoms with Gasteiger partial charge < -0.3 is 0 Å². The van der Waals surface area contributed by atoms with Crippen LogP contribution in [0.1, 0.15) is 85.5 Å². The highest BCUT2D eigenvalue weighted by Gasteiger charge is 2.05. The van der Waals surface area contributed by atoms with Crippen LogP contribution in [-0.4, -0.2) is 11.5 Å². The van der Waals surface area contributed by atoms with Gasteiger partial charge in [-0.25, -0.2) is 0 Å². The molecule has 0 fully saturated rings. The van der Waals surface area contributed by atoms with Gasteiger partial charge in [-0.1, -0.05) is 72.6 Å². The quantitative estimate of drug-likeness (QED) is 0.343. The molecule has 18 heavy (non-hydrogen) atoms. The van der Waals surface area contributed by atoms with Gasteiger partial charge in [0.1, 0.15) is 0 Å². The smallest absolute Gasteiger partial charge is 0.00674 e. The first-order chi connectivity index (χ1) is 8.70. The minimum Gasteiger partial charge on any atom is -0.162 e. The van der Waals surface area contributed by atoms with E-state index in [1.807, 2.05) is 0 Å². The van der Waals surface area contributed by atoms with Crippen molar-refractivity contribution in [2.75, 3.05) is 11.5 Å². The van der Waals surface area contributed by atoms with Gasteiger partial charge in [0.05, 0.1) is 0 Å². The van der Waals surface area contributed by atoms with E-state index in [2.05, 4.69) is 39.5 Å². The molecule has 0 saturated carbocycles. The molecule has 0 aromatic heterocycles. The van der Waals surface area contributed by atoms with Crippen molar-refractivity contribution >= 4 is 11.8 Å². The van der Waals surface area contributed by atoms with E-state index >= 15 is 0 Å². The Hall–Kier alpha value is 0.350. The van der Waals surface area contributed by atoms with Gasteiger partial charge in [-0.3, -0.25) is 0 Å². The predicted molar refractivity (Wildman–Crippen MR) is 88.6 cm³/mol. The molecule has 0 heterocycles. The Labute approximate surface area is 121 Å². The van der Waals surface area contributed by atoms with Crippen molar-refractivity contribution in [2.45, 2.75) is 85.5 Å². The predicted octanol–water partition coefficient (Wildman–Crippen LogP) is 6.54. The third kappa shape index (κ3) is 12.8. The van der Waals surface area contributed by atoms with E-state index in [1.165, 1.54) is 69.3 Å². The summed E-state index contributed by atoms with van der Waals surface area (Å²) in [4.78, 5) is 0. The van der Waals surface area contributed by atoms with Gasteiger partial charge in [-0.15, -0.1) is 0 Å². The molecule has 0 bridgehead atoms. The van der Waals surface area contributed by atoms with Gasteiger partial charge in [0, 0.05) is 0 Å². The number of hydrogen-bond acceptors (Lipinski definition) is 1. The lowest BCUT2D eigenvalue weighted by Crippen LogP contribution is -2.00. The van der Waals surface area contributed by atoms with Gasteiger partial charge in [0.15, 0.2) is 0 Å². The fraction of sp³-hybridized carbons (Fsp3) is 1.00. The largest absolute Gasteiger partial charge is 0.162 e. The second-order valence-electron chi connectivity index (χ2n) is 6.09. The second-order valence-corrected chi connectivity index (χ2v) is 7.31. The molecule has 0 rings (SSSR count). The summed E-state index contributed by atoms with van der Waals surface area (Å²) in [5.74, 6) is 4.68. The maximum atomic E-state index is 2.33. The first-order valence-corrected chi connectivity index (χ1v) is 9.43. The van der Waals surface area contributed by atoms with Crippen molar-refractivity contribution in [2.24, 2.45) is 11.8 Å². The van der Waals surface area contributed by atoms with Crippen molar-refractivity contribution in [3.05, 3.63) is 0 Å². The summed E-state index contributed by atoms with van der Waals surface area (Å²) < 4.78 is 0. The van der Waals surface area contributed by atoms with Crippen LogP contribution in [0.15, 0.2) is 0 Å². The summed E-state index contributed by atoms with van der Waals surface area (Å²) >= 11 is 2.17. The van der Waals surface area contributed by atoms with Crippen LogP contribution in [0.25, 0.3) is 0 Å². The molecular formula is C17H36S. The van der Waals surface area contributed by atoms with Crippen molar-refractivity contribution in [1.82, 2.24) is 0 Å². The molecule has 0 saturated heterocycles. The molecule has 0 aromatic carbocycles. The second kappa shape index (κ2) is 13.8. The maximum Gasteiger partial charge on any atom is -0.00674 e. The van der Waals surface area contributed by atoms with Gasteiger partial charge in [0.2, 0.25) is 0 Å². The van der Waals surface area contributed by atoms with Crippen LogP contribution >= 0.6 is 11.8 Å². The summed E-state index contributed by atoms with van der Waals surface area (Å²) in [5, 5.41) is 0. The lowest BCUT2D eigenvalue weighted by atomic mass is 9.93. The van der Waals surface area contributed by atoms with E-state index in [0.717, 1.165) is 11.8 Å². The Morgan fingerprint density at radius 2 is 1.33 bits per heavy atom. The highest BCUT2D eigenvalue weighted by atomic mass is 32.2. The Morgan fingerprint density at radius 3 is 1.89 bits per heavy atom. The van der Waals surface area contributed by atoms with E-state index in [4.69, 9.17) is 0 Å². The van der Waals surface area contributed by atoms with Gasteiger partial charge in [-0.05, 0) is 36.2 Å². The number of thioether (sulfide) groups is 1. The molecule has 0 aliphatic rings. The fourth-order valence-corrected chi connectivity index (χ4v) is 3.57. The highest BCUT2D eigenvalue weighted by Crippen LogP contribution is 2.21. The molecule has 0 atom stereocenters. The number of unbranched alkanes of at least 4 members (excludes halogenated alkanes) is 1. The SMILES string of the molecule is CCCC(CCC)CCCCSCCCC(C)C. The molecule has 0 N–H and O–H groups in total. The van der Waals surface area contributed by atoms with Gasteiger partial charge in [-0.2, -0.15) is 11.8 Å². The third-order valence-electron chi connectivity index (χ3n) is 3.62. The maximum absolute atomic E-state index is 2.33. The van der Waals surface area contributed by atoms with Crippen LogP contribution in [0, 0.1) is 11.8 Å². The summed E-state index contributed by atoms with van der Waals surface area (Å²) in [5.41, 5.74) is 0. The number of rotatable bonds is 13. The highest BCUT2D eigenvalue weighted by molar-refractivity contribution is 7.99. The molecule has 1 heteroatoms. The Kier molecular flexibility index (Phi) is 14.0. The lowest BCUT2D eigenvalue weighted by molar-refractivity contribution is 0.399. The average molecular weight is 273 g/mol. The first-order valence-electron chi connectivity index (χ1n) is 8.28. The summed E-state index contributed by atoms with van der Waals surface area (Å²) in [6.07, 6.45) is 12.8. The van der Waals surface area contributed by atoms with Gasteiger partial charge >= 0.3 is 0 Å². The van der Waals surface area contributed by atoms with Crippen LogP contribution in [0.5, 0.6) is 0 Å². The molecule has 0 spiro atoms. The first kappa shape index (κ1) is 18.4. The van der Waals surface area contributed by atoms with Crippen LogP contribution < -0.4 is 0 Å². The van der Waals surface area contributed by atoms with Crippen LogP contribution in [0.4, 0.5) is 0 Å². The topological polar surface area (TPSA) is 0 Å².